The summed E-state index contributed by atoms with van der Waals surface area (Å²) >= 11 is 0. The SMILES string of the molecule is CCO[C@H](c1ncc(F)cn1)[C@H](C)S(=O)(=O)Nc1nnc(-c2cccc(OC)n2)n1-c1c(OC)cccc1OC. The van der Waals surface area contributed by atoms with Crippen LogP contribution < -0.4 is 18.9 Å². The van der Waals surface area contributed by atoms with Crippen LogP contribution >= 0.6 is 0 Å². The minimum Gasteiger partial charge on any atom is -0.494 e. The molecule has 13 nitrogen and oxygen atoms in total. The van der Waals surface area contributed by atoms with Gasteiger partial charge in [0.25, 0.3) is 0 Å². The highest BCUT2D eigenvalue weighted by Gasteiger charge is 2.35. The van der Waals surface area contributed by atoms with Gasteiger partial charge in [-0.25, -0.2) is 27.8 Å². The third-order valence-electron chi connectivity index (χ3n) is 5.84. The summed E-state index contributed by atoms with van der Waals surface area (Å²) in [5, 5.41) is 7.15. The highest BCUT2D eigenvalue weighted by Crippen LogP contribution is 2.38. The van der Waals surface area contributed by atoms with Crippen molar-refractivity contribution in [3.8, 4) is 34.6 Å². The lowest BCUT2D eigenvalue weighted by Crippen LogP contribution is -2.34. The van der Waals surface area contributed by atoms with E-state index in [1.54, 1.807) is 43.3 Å². The molecule has 3 heterocycles. The number of pyridine rings is 1. The fraction of sp³-hybridized carbons (Fsp3) is 0.320. The van der Waals surface area contributed by atoms with Crippen LogP contribution in [0.5, 0.6) is 17.4 Å². The average molecular weight is 574 g/mol. The number of aromatic nitrogens is 6. The Labute approximate surface area is 230 Å². The number of benzene rings is 1. The van der Waals surface area contributed by atoms with E-state index in [1.807, 2.05) is 0 Å². The third kappa shape index (κ3) is 5.79. The van der Waals surface area contributed by atoms with E-state index >= 15 is 0 Å². The van der Waals surface area contributed by atoms with Gasteiger partial charge in [0.1, 0.15) is 34.2 Å². The summed E-state index contributed by atoms with van der Waals surface area (Å²) in [7, 11) is 0.161. The molecule has 0 aliphatic rings. The monoisotopic (exact) mass is 573 g/mol. The van der Waals surface area contributed by atoms with E-state index in [0.717, 1.165) is 12.4 Å². The predicted octanol–water partition coefficient (Wildman–Crippen LogP) is 3.19. The molecule has 15 heteroatoms. The molecule has 0 fully saturated rings. The summed E-state index contributed by atoms with van der Waals surface area (Å²) in [5.41, 5.74) is 0.663. The third-order valence-corrected chi connectivity index (χ3v) is 7.53. The van der Waals surface area contributed by atoms with Crippen LogP contribution in [0.1, 0.15) is 25.8 Å². The first kappa shape index (κ1) is 28.6. The van der Waals surface area contributed by atoms with Gasteiger partial charge in [-0.05, 0) is 32.0 Å². The molecule has 0 radical (unpaired) electrons. The highest BCUT2D eigenvalue weighted by molar-refractivity contribution is 7.93. The minimum atomic E-state index is -4.24. The van der Waals surface area contributed by atoms with Crippen LogP contribution in [0, 0.1) is 5.82 Å². The Hall–Kier alpha value is -4.37. The van der Waals surface area contributed by atoms with Crippen molar-refractivity contribution in [1.29, 1.82) is 0 Å². The normalized spacial score (nSPS) is 12.9. The molecule has 4 rings (SSSR count). The number of hydrogen-bond acceptors (Lipinski definition) is 11. The van der Waals surface area contributed by atoms with Crippen LogP contribution in [0.3, 0.4) is 0 Å². The molecule has 40 heavy (non-hydrogen) atoms. The lowest BCUT2D eigenvalue weighted by molar-refractivity contribution is 0.0556. The van der Waals surface area contributed by atoms with Crippen LogP contribution in [0.2, 0.25) is 0 Å². The Morgan fingerprint density at radius 1 is 0.975 bits per heavy atom. The molecule has 0 spiro atoms. The summed E-state index contributed by atoms with van der Waals surface area (Å²) in [6, 6.07) is 10.1. The second-order valence-electron chi connectivity index (χ2n) is 8.25. The molecule has 2 atom stereocenters. The largest absolute Gasteiger partial charge is 0.494 e. The van der Waals surface area contributed by atoms with Crippen LogP contribution in [0.4, 0.5) is 10.3 Å². The molecule has 0 amide bonds. The maximum absolute atomic E-state index is 13.7. The van der Waals surface area contributed by atoms with E-state index in [9.17, 15) is 12.8 Å². The van der Waals surface area contributed by atoms with Crippen molar-refractivity contribution in [1.82, 2.24) is 29.7 Å². The van der Waals surface area contributed by atoms with E-state index in [0.29, 0.717) is 28.8 Å². The Bertz CT molecular complexity index is 1540. The second-order valence-corrected chi connectivity index (χ2v) is 10.3. The Morgan fingerprint density at radius 2 is 1.62 bits per heavy atom. The van der Waals surface area contributed by atoms with E-state index < -0.39 is 27.2 Å². The fourth-order valence-electron chi connectivity index (χ4n) is 3.88. The first-order chi connectivity index (χ1) is 19.2. The number of methoxy groups -OCH3 is 3. The number of hydrogen-bond donors (Lipinski definition) is 1. The van der Waals surface area contributed by atoms with Crippen LogP contribution in [-0.4, -0.2) is 71.3 Å². The van der Waals surface area contributed by atoms with Crippen molar-refractivity contribution in [3.05, 3.63) is 60.4 Å². The number of anilines is 1. The molecule has 212 valence electrons. The quantitative estimate of drug-likeness (QED) is 0.266. The maximum Gasteiger partial charge on any atom is 0.243 e. The molecular weight excluding hydrogens is 545 g/mol. The summed E-state index contributed by atoms with van der Waals surface area (Å²) in [5.74, 6) is 0.362. The zero-order valence-corrected chi connectivity index (χ0v) is 23.2. The zero-order chi connectivity index (χ0) is 28.9. The van der Waals surface area contributed by atoms with Crippen molar-refractivity contribution < 1.29 is 31.8 Å². The van der Waals surface area contributed by atoms with E-state index in [1.165, 1.54) is 32.8 Å². The standard InChI is InChI=1S/C25H28FN7O6S/c1-6-39-22(23-27-13-16(26)14-28-23)15(2)40(34,35)32-25-31-30-24(17-9-7-12-20(29-17)38-5)33(25)21-18(36-3)10-8-11-19(21)37-4/h7-15,22H,6H2,1-5H3,(H,31,32)/t15-,22-/m0/s1. The van der Waals surface area contributed by atoms with Crippen molar-refractivity contribution in [2.45, 2.75) is 25.2 Å². The Balaban J connectivity index is 1.85. The van der Waals surface area contributed by atoms with Gasteiger partial charge in [-0.3, -0.25) is 9.29 Å². The number of ether oxygens (including phenoxy) is 4. The van der Waals surface area contributed by atoms with Crippen molar-refractivity contribution >= 4 is 16.0 Å². The van der Waals surface area contributed by atoms with Crippen LogP contribution in [0.15, 0.2) is 48.8 Å². The lowest BCUT2D eigenvalue weighted by atomic mass is 10.2. The first-order valence-electron chi connectivity index (χ1n) is 12.0. The zero-order valence-electron chi connectivity index (χ0n) is 22.4. The molecule has 4 aromatic rings. The van der Waals surface area contributed by atoms with Gasteiger partial charge in [0.2, 0.25) is 21.9 Å². The number of nitrogens with zero attached hydrogens (tertiary/aromatic N) is 6. The predicted molar refractivity (Wildman–Crippen MR) is 143 cm³/mol. The summed E-state index contributed by atoms with van der Waals surface area (Å²) in [4.78, 5) is 12.3. The van der Waals surface area contributed by atoms with Crippen LogP contribution in [0.25, 0.3) is 17.2 Å². The Kier molecular flexibility index (Phi) is 8.74. The van der Waals surface area contributed by atoms with Gasteiger partial charge in [0, 0.05) is 12.7 Å². The van der Waals surface area contributed by atoms with Crippen LogP contribution in [-0.2, 0) is 14.8 Å². The summed E-state index contributed by atoms with van der Waals surface area (Å²) < 4.78 is 66.8. The topological polar surface area (TPSA) is 152 Å². The summed E-state index contributed by atoms with van der Waals surface area (Å²) in [6.07, 6.45) is 0.776. The van der Waals surface area contributed by atoms with Gasteiger partial charge in [-0.1, -0.05) is 12.1 Å². The van der Waals surface area contributed by atoms with Gasteiger partial charge in [0.15, 0.2) is 17.5 Å². The molecular formula is C25H28FN7O6S. The second kappa shape index (κ2) is 12.2. The molecule has 0 aliphatic carbocycles. The van der Waals surface area contributed by atoms with Gasteiger partial charge < -0.3 is 18.9 Å². The van der Waals surface area contributed by atoms with Gasteiger partial charge in [-0.2, -0.15) is 0 Å². The van der Waals surface area contributed by atoms with Gasteiger partial charge in [-0.15, -0.1) is 10.2 Å². The molecule has 0 bridgehead atoms. The average Bonchev–Trinajstić information content (AvgIpc) is 3.37. The summed E-state index contributed by atoms with van der Waals surface area (Å²) in [6.45, 7) is 3.27. The molecule has 0 unspecified atom stereocenters. The van der Waals surface area contributed by atoms with Gasteiger partial charge >= 0.3 is 0 Å². The lowest BCUT2D eigenvalue weighted by Gasteiger charge is -2.23. The molecule has 1 aromatic carbocycles. The molecule has 0 saturated heterocycles. The van der Waals surface area contributed by atoms with Crippen molar-refractivity contribution in [2.24, 2.45) is 0 Å². The van der Waals surface area contributed by atoms with Crippen molar-refractivity contribution in [3.63, 3.8) is 0 Å². The maximum atomic E-state index is 13.7. The minimum absolute atomic E-state index is 0.00950. The number of sulfonamides is 1. The molecule has 1 N–H and O–H groups in total. The molecule has 3 aromatic heterocycles. The first-order valence-corrected chi connectivity index (χ1v) is 13.6. The van der Waals surface area contributed by atoms with E-state index in [2.05, 4.69) is 29.9 Å². The smallest absolute Gasteiger partial charge is 0.243 e. The molecule has 0 aliphatic heterocycles. The number of para-hydroxylation sites is 1. The van der Waals surface area contributed by atoms with Gasteiger partial charge in [0.05, 0.1) is 33.7 Å². The number of halogens is 1. The number of rotatable bonds is 12. The molecule has 0 saturated carbocycles. The Morgan fingerprint density at radius 3 is 2.23 bits per heavy atom. The number of nitrogens with one attached hydrogen (secondary N) is 1. The van der Waals surface area contributed by atoms with Crippen molar-refractivity contribution in [2.75, 3.05) is 32.7 Å². The van der Waals surface area contributed by atoms with E-state index in [4.69, 9.17) is 18.9 Å². The van der Waals surface area contributed by atoms with E-state index in [-0.39, 0.29) is 24.2 Å². The highest BCUT2D eigenvalue weighted by atomic mass is 32.2. The fourth-order valence-corrected chi connectivity index (χ4v) is 4.98.